The normalized spacial score (nSPS) is 22.1. The molecule has 2 saturated heterocycles. The van der Waals surface area contributed by atoms with Crippen molar-refractivity contribution in [2.75, 3.05) is 31.6 Å². The lowest BCUT2D eigenvalue weighted by atomic mass is 10.0. The number of anilines is 1. The van der Waals surface area contributed by atoms with Gasteiger partial charge in [-0.2, -0.15) is 4.31 Å². The highest BCUT2D eigenvalue weighted by molar-refractivity contribution is 7.89. The molecule has 226 valence electrons. The first-order valence-corrected chi connectivity index (χ1v) is 15.8. The van der Waals surface area contributed by atoms with Gasteiger partial charge in [0.15, 0.2) is 6.29 Å². The summed E-state index contributed by atoms with van der Waals surface area (Å²) in [7, 11) is -3.93. The number of aliphatic hydroxyl groups is 1. The topological polar surface area (TPSA) is 126 Å². The minimum absolute atomic E-state index is 0.00768. The Morgan fingerprint density at radius 2 is 1.76 bits per heavy atom. The molecule has 2 heterocycles. The highest BCUT2D eigenvalue weighted by Gasteiger charge is 2.44. The van der Waals surface area contributed by atoms with Crippen molar-refractivity contribution in [1.29, 1.82) is 0 Å². The van der Waals surface area contributed by atoms with Crippen LogP contribution in [0.1, 0.15) is 39.7 Å². The lowest BCUT2D eigenvalue weighted by molar-refractivity contribution is -0.0907. The smallest absolute Gasteiger partial charge is 0.407 e. The molecular formula is C30H43N3O7S. The minimum atomic E-state index is -3.93. The fraction of sp³-hybridized carbons (Fsp3) is 0.567. The third-order valence-electron chi connectivity index (χ3n) is 7.22. The summed E-state index contributed by atoms with van der Waals surface area (Å²) in [6.07, 6.45) is -1.65. The maximum atomic E-state index is 13.7. The van der Waals surface area contributed by atoms with E-state index < -0.39 is 34.4 Å². The number of nitrogens with one attached hydrogen (secondary N) is 2. The lowest BCUT2D eigenvalue weighted by Crippen LogP contribution is -2.51. The van der Waals surface area contributed by atoms with Crippen LogP contribution in [0, 0.1) is 11.8 Å². The van der Waals surface area contributed by atoms with Gasteiger partial charge in [-0.15, -0.1) is 0 Å². The molecule has 0 aliphatic carbocycles. The van der Waals surface area contributed by atoms with Crippen LogP contribution in [0.25, 0.3) is 0 Å². The molecule has 2 aromatic rings. The number of nitrogens with zero attached hydrogens (tertiary/aromatic N) is 1. The zero-order chi connectivity index (χ0) is 29.6. The lowest BCUT2D eigenvalue weighted by Gasteiger charge is -2.31. The Kier molecular flexibility index (Phi) is 10.6. The van der Waals surface area contributed by atoms with Gasteiger partial charge in [-0.1, -0.05) is 44.2 Å². The van der Waals surface area contributed by atoms with Crippen molar-refractivity contribution in [3.63, 3.8) is 0 Å². The van der Waals surface area contributed by atoms with Crippen molar-refractivity contribution in [2.24, 2.45) is 11.8 Å². The summed E-state index contributed by atoms with van der Waals surface area (Å²) in [6, 6.07) is 15.4. The maximum Gasteiger partial charge on any atom is 0.407 e. The van der Waals surface area contributed by atoms with Crippen LogP contribution in [-0.2, 0) is 30.7 Å². The Bertz CT molecular complexity index is 1220. The molecule has 2 aromatic carbocycles. The minimum Gasteiger partial charge on any atom is -0.443 e. The molecule has 41 heavy (non-hydrogen) atoms. The zero-order valence-corrected chi connectivity index (χ0v) is 25.0. The van der Waals surface area contributed by atoms with E-state index in [-0.39, 0.29) is 48.8 Å². The molecule has 0 bridgehead atoms. The van der Waals surface area contributed by atoms with Crippen molar-refractivity contribution in [1.82, 2.24) is 9.62 Å². The SMILES string of the molecule is CC(C)CN(C[C@@H](O)[C@H](Cc1ccccc1)NC(=O)O[C@H]1CO[C@H]2OCC[C@H]21)S(=O)(=O)c1ccc(NC(C)C)cc1. The van der Waals surface area contributed by atoms with Gasteiger partial charge in [0.2, 0.25) is 10.0 Å². The van der Waals surface area contributed by atoms with Crippen molar-refractivity contribution in [3.05, 3.63) is 60.2 Å². The third kappa shape index (κ3) is 8.42. The summed E-state index contributed by atoms with van der Waals surface area (Å²) in [5.41, 5.74) is 1.71. The van der Waals surface area contributed by atoms with Gasteiger partial charge in [0, 0.05) is 24.8 Å². The molecule has 0 radical (unpaired) electrons. The molecular weight excluding hydrogens is 546 g/mol. The van der Waals surface area contributed by atoms with Gasteiger partial charge < -0.3 is 30.0 Å². The van der Waals surface area contributed by atoms with Crippen LogP contribution >= 0.6 is 0 Å². The number of sulfonamides is 1. The Balaban J connectivity index is 1.50. The van der Waals surface area contributed by atoms with E-state index in [4.69, 9.17) is 14.2 Å². The number of aliphatic hydroxyl groups excluding tert-OH is 1. The fourth-order valence-electron chi connectivity index (χ4n) is 5.24. The molecule has 1 amide bonds. The highest BCUT2D eigenvalue weighted by atomic mass is 32.2. The molecule has 3 N–H and O–H groups in total. The van der Waals surface area contributed by atoms with E-state index >= 15 is 0 Å². The number of amides is 1. The van der Waals surface area contributed by atoms with Crippen LogP contribution in [-0.4, -0.2) is 80.8 Å². The van der Waals surface area contributed by atoms with Crippen LogP contribution < -0.4 is 10.6 Å². The van der Waals surface area contributed by atoms with Crippen LogP contribution in [0.5, 0.6) is 0 Å². The Morgan fingerprint density at radius 3 is 2.41 bits per heavy atom. The Morgan fingerprint density at radius 1 is 1.05 bits per heavy atom. The second kappa shape index (κ2) is 14.0. The zero-order valence-electron chi connectivity index (χ0n) is 24.2. The summed E-state index contributed by atoms with van der Waals surface area (Å²) in [4.78, 5) is 13.1. The number of ether oxygens (including phenoxy) is 3. The number of alkyl carbamates (subject to hydrolysis) is 1. The standard InChI is InChI=1S/C30H43N3O7S/c1-20(2)17-33(41(36,37)24-12-10-23(11-13-24)31-21(3)4)18-27(34)26(16-22-8-6-5-7-9-22)32-30(35)40-28-19-39-29-25(28)14-15-38-29/h5-13,20-21,25-29,31,34H,14-19H2,1-4H3,(H,32,35)/t25-,26-,27+,28-,29+/m0/s1. The second-order valence-electron chi connectivity index (χ2n) is 11.5. The molecule has 0 spiro atoms. The highest BCUT2D eigenvalue weighted by Crippen LogP contribution is 2.33. The summed E-state index contributed by atoms with van der Waals surface area (Å²) >= 11 is 0. The van der Waals surface area contributed by atoms with E-state index in [9.17, 15) is 18.3 Å². The number of carbonyl (C=O) groups is 1. The Hall–Kier alpha value is -2.70. The molecule has 0 unspecified atom stereocenters. The molecule has 0 saturated carbocycles. The van der Waals surface area contributed by atoms with Crippen molar-refractivity contribution in [2.45, 2.75) is 76.0 Å². The van der Waals surface area contributed by atoms with Crippen LogP contribution in [0.2, 0.25) is 0 Å². The average Bonchev–Trinajstić information content (AvgIpc) is 3.53. The van der Waals surface area contributed by atoms with Crippen molar-refractivity contribution >= 4 is 21.8 Å². The van der Waals surface area contributed by atoms with Gasteiger partial charge in [-0.25, -0.2) is 13.2 Å². The predicted molar refractivity (Wildman–Crippen MR) is 156 cm³/mol. The second-order valence-corrected chi connectivity index (χ2v) is 13.5. The van der Waals surface area contributed by atoms with Gasteiger partial charge in [-0.05, 0) is 62.4 Å². The quantitative estimate of drug-likeness (QED) is 0.324. The molecule has 5 atom stereocenters. The van der Waals surface area contributed by atoms with Crippen LogP contribution in [0.15, 0.2) is 59.5 Å². The summed E-state index contributed by atoms with van der Waals surface area (Å²) in [5, 5.41) is 17.5. The van der Waals surface area contributed by atoms with Crippen LogP contribution in [0.3, 0.4) is 0 Å². The Labute approximate surface area is 243 Å². The number of hydrogen-bond acceptors (Lipinski definition) is 8. The van der Waals surface area contributed by atoms with E-state index in [2.05, 4.69) is 10.6 Å². The van der Waals surface area contributed by atoms with Gasteiger partial charge in [0.05, 0.1) is 36.2 Å². The molecule has 2 fully saturated rings. The predicted octanol–water partition coefficient (Wildman–Crippen LogP) is 3.61. The van der Waals surface area contributed by atoms with Gasteiger partial charge in [0.1, 0.15) is 6.10 Å². The van der Waals surface area contributed by atoms with Gasteiger partial charge in [0.25, 0.3) is 0 Å². The van der Waals surface area contributed by atoms with E-state index in [1.807, 2.05) is 58.0 Å². The number of benzene rings is 2. The third-order valence-corrected chi connectivity index (χ3v) is 9.06. The van der Waals surface area contributed by atoms with E-state index in [0.717, 1.165) is 17.7 Å². The van der Waals surface area contributed by atoms with E-state index in [1.165, 1.54) is 4.31 Å². The molecule has 11 heteroatoms. The molecule has 4 rings (SSSR count). The summed E-state index contributed by atoms with van der Waals surface area (Å²) in [5.74, 6) is -0.0136. The van der Waals surface area contributed by atoms with Gasteiger partial charge >= 0.3 is 6.09 Å². The fourth-order valence-corrected chi connectivity index (χ4v) is 6.86. The molecule has 2 aliphatic heterocycles. The number of rotatable bonds is 13. The summed E-state index contributed by atoms with van der Waals surface area (Å²) < 4.78 is 45.5. The van der Waals surface area contributed by atoms with Crippen LogP contribution in [0.4, 0.5) is 10.5 Å². The monoisotopic (exact) mass is 589 g/mol. The number of hydrogen-bond donors (Lipinski definition) is 3. The molecule has 10 nitrogen and oxygen atoms in total. The first-order chi connectivity index (χ1) is 19.5. The maximum absolute atomic E-state index is 13.7. The average molecular weight is 590 g/mol. The van der Waals surface area contributed by atoms with E-state index in [1.54, 1.807) is 24.3 Å². The van der Waals surface area contributed by atoms with Gasteiger partial charge in [-0.3, -0.25) is 0 Å². The number of carbonyl (C=O) groups excluding carboxylic acids is 1. The van der Waals surface area contributed by atoms with Crippen molar-refractivity contribution < 1.29 is 32.5 Å². The summed E-state index contributed by atoms with van der Waals surface area (Å²) in [6.45, 7) is 8.67. The molecule has 2 aliphatic rings. The van der Waals surface area contributed by atoms with E-state index in [0.29, 0.717) is 13.0 Å². The van der Waals surface area contributed by atoms with Crippen molar-refractivity contribution in [3.8, 4) is 0 Å². The molecule has 0 aromatic heterocycles. The first kappa shape index (κ1) is 31.2. The number of fused-ring (bicyclic) bond motifs is 1. The largest absolute Gasteiger partial charge is 0.443 e. The first-order valence-electron chi connectivity index (χ1n) is 14.3.